The molecule has 2 N–H and O–H groups in total. The van der Waals surface area contributed by atoms with E-state index in [0.717, 1.165) is 5.75 Å². The Labute approximate surface area is 134 Å². The van der Waals surface area contributed by atoms with Crippen LogP contribution in [0.15, 0.2) is 42.6 Å². The SMILES string of the molecule is CN(CCOc1ccc(Cl)cc1)C(=O)c1ccnc(CN)c1. The molecule has 1 amide bonds. The van der Waals surface area contributed by atoms with Gasteiger partial charge in [-0.3, -0.25) is 9.78 Å². The average molecular weight is 320 g/mol. The van der Waals surface area contributed by atoms with Gasteiger partial charge < -0.3 is 15.4 Å². The van der Waals surface area contributed by atoms with Crippen molar-refractivity contribution >= 4 is 17.5 Å². The van der Waals surface area contributed by atoms with Crippen LogP contribution in [0, 0.1) is 0 Å². The fourth-order valence-corrected chi connectivity index (χ4v) is 2.00. The molecule has 5 nitrogen and oxygen atoms in total. The summed E-state index contributed by atoms with van der Waals surface area (Å²) < 4.78 is 5.58. The van der Waals surface area contributed by atoms with E-state index in [2.05, 4.69) is 4.98 Å². The normalized spacial score (nSPS) is 10.3. The van der Waals surface area contributed by atoms with Crippen LogP contribution in [0.1, 0.15) is 16.1 Å². The topological polar surface area (TPSA) is 68.5 Å². The predicted molar refractivity (Wildman–Crippen MR) is 86.0 cm³/mol. The first-order valence-corrected chi connectivity index (χ1v) is 7.27. The van der Waals surface area contributed by atoms with Crippen molar-refractivity contribution in [2.75, 3.05) is 20.2 Å². The van der Waals surface area contributed by atoms with E-state index in [-0.39, 0.29) is 5.91 Å². The predicted octanol–water partition coefficient (Wildman–Crippen LogP) is 2.34. The summed E-state index contributed by atoms with van der Waals surface area (Å²) in [6.45, 7) is 1.19. The minimum absolute atomic E-state index is 0.0863. The summed E-state index contributed by atoms with van der Waals surface area (Å²) in [6, 6.07) is 10.5. The molecule has 6 heteroatoms. The molecule has 1 aromatic carbocycles. The van der Waals surface area contributed by atoms with Crippen molar-refractivity contribution in [1.82, 2.24) is 9.88 Å². The van der Waals surface area contributed by atoms with E-state index in [1.54, 1.807) is 54.5 Å². The van der Waals surface area contributed by atoms with Crippen LogP contribution < -0.4 is 10.5 Å². The van der Waals surface area contributed by atoms with Crippen molar-refractivity contribution in [2.24, 2.45) is 5.73 Å². The second-order valence-corrected chi connectivity index (χ2v) is 5.21. The van der Waals surface area contributed by atoms with Crippen molar-refractivity contribution in [2.45, 2.75) is 6.54 Å². The molecule has 0 unspecified atom stereocenters. The van der Waals surface area contributed by atoms with Crippen LogP contribution in [0.25, 0.3) is 0 Å². The number of carbonyl (C=O) groups is 1. The van der Waals surface area contributed by atoms with Crippen LogP contribution >= 0.6 is 11.6 Å². The zero-order valence-electron chi connectivity index (χ0n) is 12.3. The van der Waals surface area contributed by atoms with E-state index < -0.39 is 0 Å². The molecule has 0 fully saturated rings. The number of hydrogen-bond acceptors (Lipinski definition) is 4. The molecule has 22 heavy (non-hydrogen) atoms. The van der Waals surface area contributed by atoms with Crippen molar-refractivity contribution < 1.29 is 9.53 Å². The largest absolute Gasteiger partial charge is 0.492 e. The van der Waals surface area contributed by atoms with Crippen molar-refractivity contribution in [3.05, 3.63) is 58.9 Å². The quantitative estimate of drug-likeness (QED) is 0.887. The standard InChI is InChI=1S/C16H18ClN3O2/c1-20(8-9-22-15-4-2-13(17)3-5-15)16(21)12-6-7-19-14(10-12)11-18/h2-7,10H,8-9,11,18H2,1H3. The van der Waals surface area contributed by atoms with Crippen LogP contribution in [-0.2, 0) is 6.54 Å². The number of benzene rings is 1. The van der Waals surface area contributed by atoms with Gasteiger partial charge >= 0.3 is 0 Å². The third-order valence-electron chi connectivity index (χ3n) is 3.13. The summed E-state index contributed by atoms with van der Waals surface area (Å²) in [5.74, 6) is 0.636. The summed E-state index contributed by atoms with van der Waals surface area (Å²) in [6.07, 6.45) is 1.59. The molecule has 2 rings (SSSR count). The van der Waals surface area contributed by atoms with Gasteiger partial charge in [0.25, 0.3) is 5.91 Å². The maximum Gasteiger partial charge on any atom is 0.253 e. The Bertz CT molecular complexity index is 632. The van der Waals surface area contributed by atoms with Crippen LogP contribution in [0.5, 0.6) is 5.75 Å². The molecule has 0 spiro atoms. The van der Waals surface area contributed by atoms with E-state index >= 15 is 0 Å². The van der Waals surface area contributed by atoms with Gasteiger partial charge in [0.05, 0.1) is 12.2 Å². The average Bonchev–Trinajstić information content (AvgIpc) is 2.56. The van der Waals surface area contributed by atoms with Gasteiger partial charge in [0.15, 0.2) is 0 Å². The maximum absolute atomic E-state index is 12.3. The highest BCUT2D eigenvalue weighted by Crippen LogP contribution is 2.15. The Kier molecular flexibility index (Phi) is 5.75. The molecule has 1 heterocycles. The number of amides is 1. The lowest BCUT2D eigenvalue weighted by Crippen LogP contribution is -2.31. The van der Waals surface area contributed by atoms with Gasteiger partial charge in [0.1, 0.15) is 12.4 Å². The smallest absolute Gasteiger partial charge is 0.253 e. The molecule has 1 aromatic heterocycles. The Morgan fingerprint density at radius 1 is 1.32 bits per heavy atom. The van der Waals surface area contributed by atoms with Gasteiger partial charge in [-0.05, 0) is 36.4 Å². The number of carbonyl (C=O) groups excluding carboxylic acids is 1. The van der Waals surface area contributed by atoms with Crippen molar-refractivity contribution in [3.8, 4) is 5.75 Å². The summed E-state index contributed by atoms with van der Waals surface area (Å²) in [5.41, 5.74) is 6.80. The molecule has 0 saturated carbocycles. The zero-order chi connectivity index (χ0) is 15.9. The molecule has 0 saturated heterocycles. The van der Waals surface area contributed by atoms with Crippen LogP contribution in [-0.4, -0.2) is 36.0 Å². The lowest BCUT2D eigenvalue weighted by Gasteiger charge is -2.17. The Morgan fingerprint density at radius 3 is 2.73 bits per heavy atom. The Hall–Kier alpha value is -2.11. The molecule has 0 bridgehead atoms. The number of ether oxygens (including phenoxy) is 1. The first-order chi connectivity index (χ1) is 10.6. The Balaban J connectivity index is 1.87. The highest BCUT2D eigenvalue weighted by Gasteiger charge is 2.12. The highest BCUT2D eigenvalue weighted by atomic mass is 35.5. The number of nitrogens with zero attached hydrogens (tertiary/aromatic N) is 2. The van der Waals surface area contributed by atoms with Gasteiger partial charge in [-0.1, -0.05) is 11.6 Å². The Morgan fingerprint density at radius 2 is 2.05 bits per heavy atom. The molecule has 0 atom stereocenters. The van der Waals surface area contributed by atoms with E-state index in [9.17, 15) is 4.79 Å². The second-order valence-electron chi connectivity index (χ2n) is 4.77. The number of nitrogens with two attached hydrogens (primary N) is 1. The molecule has 2 aromatic rings. The minimum Gasteiger partial charge on any atom is -0.492 e. The molecule has 0 aliphatic carbocycles. The highest BCUT2D eigenvalue weighted by molar-refractivity contribution is 6.30. The van der Waals surface area contributed by atoms with Gasteiger partial charge in [-0.25, -0.2) is 0 Å². The molecule has 116 valence electrons. The van der Waals surface area contributed by atoms with Crippen molar-refractivity contribution in [3.63, 3.8) is 0 Å². The molecular formula is C16H18ClN3O2. The molecule has 0 aliphatic rings. The van der Waals surface area contributed by atoms with E-state index in [1.807, 2.05) is 0 Å². The first-order valence-electron chi connectivity index (χ1n) is 6.89. The number of aromatic nitrogens is 1. The number of likely N-dealkylation sites (N-methyl/N-ethyl adjacent to an activating group) is 1. The number of pyridine rings is 1. The molecule has 0 radical (unpaired) electrons. The fourth-order valence-electron chi connectivity index (χ4n) is 1.88. The summed E-state index contributed by atoms with van der Waals surface area (Å²) in [5, 5.41) is 0.660. The van der Waals surface area contributed by atoms with Crippen LogP contribution in [0.3, 0.4) is 0 Å². The van der Waals surface area contributed by atoms with Gasteiger partial charge in [0, 0.05) is 30.4 Å². The third kappa shape index (κ3) is 4.44. The number of hydrogen-bond donors (Lipinski definition) is 1. The zero-order valence-corrected chi connectivity index (χ0v) is 13.1. The van der Waals surface area contributed by atoms with Gasteiger partial charge in [-0.15, -0.1) is 0 Å². The fraction of sp³-hybridized carbons (Fsp3) is 0.250. The van der Waals surface area contributed by atoms with E-state index in [0.29, 0.717) is 36.0 Å². The van der Waals surface area contributed by atoms with E-state index in [1.165, 1.54) is 0 Å². The summed E-state index contributed by atoms with van der Waals surface area (Å²) in [4.78, 5) is 18.0. The monoisotopic (exact) mass is 319 g/mol. The second kappa shape index (κ2) is 7.77. The summed E-state index contributed by atoms with van der Waals surface area (Å²) in [7, 11) is 1.73. The number of halogens is 1. The molecule has 0 aliphatic heterocycles. The lowest BCUT2D eigenvalue weighted by molar-refractivity contribution is 0.0773. The van der Waals surface area contributed by atoms with E-state index in [4.69, 9.17) is 22.1 Å². The third-order valence-corrected chi connectivity index (χ3v) is 3.38. The van der Waals surface area contributed by atoms with Crippen molar-refractivity contribution in [1.29, 1.82) is 0 Å². The number of rotatable bonds is 6. The van der Waals surface area contributed by atoms with Gasteiger partial charge in [-0.2, -0.15) is 0 Å². The maximum atomic E-state index is 12.3. The lowest BCUT2D eigenvalue weighted by atomic mass is 10.2. The minimum atomic E-state index is -0.0863. The first kappa shape index (κ1) is 16.3. The van der Waals surface area contributed by atoms with Crippen LogP contribution in [0.4, 0.5) is 0 Å². The van der Waals surface area contributed by atoms with Gasteiger partial charge in [0.2, 0.25) is 0 Å². The summed E-state index contributed by atoms with van der Waals surface area (Å²) >= 11 is 5.81. The molecular weight excluding hydrogens is 302 g/mol. The van der Waals surface area contributed by atoms with Crippen LogP contribution in [0.2, 0.25) is 5.02 Å².